The van der Waals surface area contributed by atoms with Crippen LogP contribution in [0.5, 0.6) is 11.5 Å². The first-order valence-corrected chi connectivity index (χ1v) is 6.20. The van der Waals surface area contributed by atoms with Crippen molar-refractivity contribution in [2.24, 2.45) is 0 Å². The molecule has 0 saturated heterocycles. The van der Waals surface area contributed by atoms with Crippen LogP contribution in [0.3, 0.4) is 0 Å². The lowest BCUT2D eigenvalue weighted by molar-refractivity contribution is -0.145. The van der Waals surface area contributed by atoms with Gasteiger partial charge in [0.15, 0.2) is 18.1 Å². The minimum absolute atomic E-state index is 0.206. The highest BCUT2D eigenvalue weighted by molar-refractivity contribution is 6.32. The Labute approximate surface area is 116 Å². The van der Waals surface area contributed by atoms with Crippen molar-refractivity contribution in [2.45, 2.75) is 13.8 Å². The predicted molar refractivity (Wildman–Crippen MR) is 70.1 cm³/mol. The third-order valence-corrected chi connectivity index (χ3v) is 2.39. The van der Waals surface area contributed by atoms with E-state index in [1.807, 2.05) is 0 Å². The van der Waals surface area contributed by atoms with E-state index in [0.717, 1.165) is 0 Å². The SMILES string of the molecule is CCOC(=O)COc1c(Cl)cc(C=O)cc1OCC. The summed E-state index contributed by atoms with van der Waals surface area (Å²) < 4.78 is 15.4. The number of carbonyl (C=O) groups is 2. The standard InChI is InChI=1S/C13H15ClO5/c1-3-17-11-6-9(7-15)5-10(14)13(11)19-8-12(16)18-4-2/h5-7H,3-4,8H2,1-2H3. The highest BCUT2D eigenvalue weighted by atomic mass is 35.5. The molecular formula is C13H15ClO5. The number of carbonyl (C=O) groups excluding carboxylic acids is 2. The number of rotatable bonds is 7. The Morgan fingerprint density at radius 1 is 1.26 bits per heavy atom. The first-order valence-electron chi connectivity index (χ1n) is 5.82. The molecule has 0 fully saturated rings. The molecule has 5 nitrogen and oxygen atoms in total. The molecule has 1 aromatic carbocycles. The Morgan fingerprint density at radius 2 is 2.00 bits per heavy atom. The fraction of sp³-hybridized carbons (Fsp3) is 0.385. The second-order valence-electron chi connectivity index (χ2n) is 3.47. The molecule has 19 heavy (non-hydrogen) atoms. The molecule has 0 aliphatic heterocycles. The third-order valence-electron chi connectivity index (χ3n) is 2.11. The van der Waals surface area contributed by atoms with Crippen molar-refractivity contribution in [2.75, 3.05) is 19.8 Å². The van der Waals surface area contributed by atoms with Crippen LogP contribution in [0.2, 0.25) is 5.02 Å². The van der Waals surface area contributed by atoms with Gasteiger partial charge >= 0.3 is 5.97 Å². The van der Waals surface area contributed by atoms with Crippen LogP contribution >= 0.6 is 11.6 Å². The molecule has 0 spiro atoms. The van der Waals surface area contributed by atoms with Gasteiger partial charge in [-0.2, -0.15) is 0 Å². The van der Waals surface area contributed by atoms with Crippen LogP contribution in [0.15, 0.2) is 12.1 Å². The lowest BCUT2D eigenvalue weighted by Gasteiger charge is -2.13. The average Bonchev–Trinajstić information content (AvgIpc) is 2.38. The number of aldehydes is 1. The van der Waals surface area contributed by atoms with Crippen LogP contribution in [-0.4, -0.2) is 32.1 Å². The quantitative estimate of drug-likeness (QED) is 0.569. The van der Waals surface area contributed by atoms with E-state index in [-0.39, 0.29) is 24.0 Å². The lowest BCUT2D eigenvalue weighted by atomic mass is 10.2. The van der Waals surface area contributed by atoms with Crippen LogP contribution in [0.25, 0.3) is 0 Å². The molecule has 0 saturated carbocycles. The second-order valence-corrected chi connectivity index (χ2v) is 3.88. The number of ether oxygens (including phenoxy) is 3. The minimum Gasteiger partial charge on any atom is -0.490 e. The van der Waals surface area contributed by atoms with E-state index in [9.17, 15) is 9.59 Å². The van der Waals surface area contributed by atoms with Gasteiger partial charge in [0.25, 0.3) is 0 Å². The highest BCUT2D eigenvalue weighted by Gasteiger charge is 2.14. The molecule has 0 amide bonds. The molecule has 6 heteroatoms. The summed E-state index contributed by atoms with van der Waals surface area (Å²) in [4.78, 5) is 22.0. The van der Waals surface area contributed by atoms with Gasteiger partial charge in [0.05, 0.1) is 18.2 Å². The van der Waals surface area contributed by atoms with E-state index < -0.39 is 5.97 Å². The Hall–Kier alpha value is -1.75. The van der Waals surface area contributed by atoms with Gasteiger partial charge in [-0.25, -0.2) is 4.79 Å². The monoisotopic (exact) mass is 286 g/mol. The number of hydrogen-bond acceptors (Lipinski definition) is 5. The molecule has 0 aliphatic carbocycles. The van der Waals surface area contributed by atoms with Gasteiger partial charge in [-0.3, -0.25) is 4.79 Å². The summed E-state index contributed by atoms with van der Waals surface area (Å²) >= 11 is 5.99. The summed E-state index contributed by atoms with van der Waals surface area (Å²) in [5.41, 5.74) is 0.372. The van der Waals surface area contributed by atoms with E-state index >= 15 is 0 Å². The van der Waals surface area contributed by atoms with Gasteiger partial charge in [-0.15, -0.1) is 0 Å². The molecule has 0 atom stereocenters. The predicted octanol–water partition coefficient (Wildman–Crippen LogP) is 2.49. The molecule has 0 aliphatic rings. The van der Waals surface area contributed by atoms with E-state index in [2.05, 4.69) is 0 Å². The maximum atomic E-state index is 11.2. The van der Waals surface area contributed by atoms with Gasteiger partial charge in [-0.1, -0.05) is 11.6 Å². The molecule has 0 heterocycles. The topological polar surface area (TPSA) is 61.8 Å². The average molecular weight is 287 g/mol. The van der Waals surface area contributed by atoms with Crippen molar-refractivity contribution < 1.29 is 23.8 Å². The summed E-state index contributed by atoms with van der Waals surface area (Å²) in [5.74, 6) is 0.0454. The number of benzene rings is 1. The van der Waals surface area contributed by atoms with Crippen molar-refractivity contribution in [3.63, 3.8) is 0 Å². The van der Waals surface area contributed by atoms with Crippen LogP contribution < -0.4 is 9.47 Å². The zero-order valence-corrected chi connectivity index (χ0v) is 11.5. The fourth-order valence-electron chi connectivity index (χ4n) is 1.39. The van der Waals surface area contributed by atoms with Crippen LogP contribution in [0, 0.1) is 0 Å². The molecule has 0 unspecified atom stereocenters. The summed E-state index contributed by atoms with van der Waals surface area (Å²) in [6, 6.07) is 2.94. The van der Waals surface area contributed by atoms with Crippen LogP contribution in [-0.2, 0) is 9.53 Å². The van der Waals surface area contributed by atoms with Crippen molar-refractivity contribution >= 4 is 23.9 Å². The highest BCUT2D eigenvalue weighted by Crippen LogP contribution is 2.36. The molecule has 0 aromatic heterocycles. The summed E-state index contributed by atoms with van der Waals surface area (Å²) in [6.45, 7) is 3.88. The van der Waals surface area contributed by atoms with Crippen molar-refractivity contribution in [3.05, 3.63) is 22.7 Å². The number of esters is 1. The third kappa shape index (κ3) is 4.44. The first-order chi connectivity index (χ1) is 9.12. The Bertz CT molecular complexity index is 459. The molecule has 1 aromatic rings. The van der Waals surface area contributed by atoms with Crippen LogP contribution in [0.4, 0.5) is 0 Å². The molecule has 104 valence electrons. The normalized spacial score (nSPS) is 9.84. The Morgan fingerprint density at radius 3 is 2.58 bits per heavy atom. The molecule has 0 bridgehead atoms. The van der Waals surface area contributed by atoms with E-state index in [1.54, 1.807) is 13.8 Å². The number of hydrogen-bond donors (Lipinski definition) is 0. The van der Waals surface area contributed by atoms with Gasteiger partial charge in [-0.05, 0) is 26.0 Å². The van der Waals surface area contributed by atoms with Crippen molar-refractivity contribution in [1.82, 2.24) is 0 Å². The summed E-state index contributed by atoms with van der Waals surface area (Å²) in [6.07, 6.45) is 0.656. The fourth-order valence-corrected chi connectivity index (χ4v) is 1.67. The van der Waals surface area contributed by atoms with Crippen molar-refractivity contribution in [3.8, 4) is 11.5 Å². The number of halogens is 1. The van der Waals surface area contributed by atoms with E-state index in [1.165, 1.54) is 12.1 Å². The molecule has 0 N–H and O–H groups in total. The van der Waals surface area contributed by atoms with Gasteiger partial charge in [0, 0.05) is 5.56 Å². The largest absolute Gasteiger partial charge is 0.490 e. The second kappa shape index (κ2) is 7.63. The Kier molecular flexibility index (Phi) is 6.15. The molecule has 0 radical (unpaired) electrons. The minimum atomic E-state index is -0.500. The van der Waals surface area contributed by atoms with Gasteiger partial charge < -0.3 is 14.2 Å². The van der Waals surface area contributed by atoms with Gasteiger partial charge in [0.1, 0.15) is 6.29 Å². The van der Waals surface area contributed by atoms with Crippen molar-refractivity contribution in [1.29, 1.82) is 0 Å². The van der Waals surface area contributed by atoms with E-state index in [0.29, 0.717) is 24.2 Å². The molecular weight excluding hydrogens is 272 g/mol. The van der Waals surface area contributed by atoms with Crippen LogP contribution in [0.1, 0.15) is 24.2 Å². The summed E-state index contributed by atoms with van der Waals surface area (Å²) in [7, 11) is 0. The molecule has 1 rings (SSSR count). The zero-order chi connectivity index (χ0) is 14.3. The lowest BCUT2D eigenvalue weighted by Crippen LogP contribution is -2.15. The van der Waals surface area contributed by atoms with E-state index in [4.69, 9.17) is 25.8 Å². The first kappa shape index (κ1) is 15.3. The smallest absolute Gasteiger partial charge is 0.344 e. The van der Waals surface area contributed by atoms with Gasteiger partial charge in [0.2, 0.25) is 0 Å². The summed E-state index contributed by atoms with van der Waals surface area (Å²) in [5, 5.41) is 0.206. The maximum absolute atomic E-state index is 11.2. The Balaban J connectivity index is 2.91. The zero-order valence-electron chi connectivity index (χ0n) is 10.8. The maximum Gasteiger partial charge on any atom is 0.344 e.